The summed E-state index contributed by atoms with van der Waals surface area (Å²) in [6.45, 7) is 2.42. The molecule has 43 heavy (non-hydrogen) atoms. The summed E-state index contributed by atoms with van der Waals surface area (Å²) in [7, 11) is 1.60. The van der Waals surface area contributed by atoms with Crippen molar-refractivity contribution in [2.45, 2.75) is 112 Å². The van der Waals surface area contributed by atoms with Gasteiger partial charge in [0.05, 0.1) is 31.3 Å². The molecule has 2 heterocycles. The van der Waals surface area contributed by atoms with Crippen LogP contribution in [0.2, 0.25) is 0 Å². The van der Waals surface area contributed by atoms with Gasteiger partial charge in [0.25, 0.3) is 0 Å². The number of aliphatic hydroxyl groups excluding tert-OH is 3. The van der Waals surface area contributed by atoms with Gasteiger partial charge >= 0.3 is 0 Å². The van der Waals surface area contributed by atoms with Crippen LogP contribution in [0, 0.1) is 11.8 Å². The minimum Gasteiger partial charge on any atom is -0.492 e. The van der Waals surface area contributed by atoms with Gasteiger partial charge in [0.1, 0.15) is 35.8 Å². The summed E-state index contributed by atoms with van der Waals surface area (Å²) in [4.78, 5) is 12.8. The summed E-state index contributed by atoms with van der Waals surface area (Å²) in [6, 6.07) is -2.24. The Morgan fingerprint density at radius 3 is 2.53 bits per heavy atom. The molecule has 0 aromatic carbocycles. The molecule has 4 aliphatic rings. The Bertz CT molecular complexity index is 954. The smallest absolute Gasteiger partial charge is 0.249 e. The van der Waals surface area contributed by atoms with E-state index in [1.165, 1.54) is 6.92 Å². The van der Waals surface area contributed by atoms with Gasteiger partial charge < -0.3 is 73.5 Å². The molecule has 15 N–H and O–H groups in total. The molecule has 0 aromatic rings. The third kappa shape index (κ3) is 7.85. The largest absolute Gasteiger partial charge is 0.492 e. The fourth-order valence-electron chi connectivity index (χ4n) is 6.98. The molecule has 0 spiro atoms. The maximum absolute atomic E-state index is 12.8. The molecule has 1 amide bonds. The van der Waals surface area contributed by atoms with Gasteiger partial charge in [0, 0.05) is 24.0 Å². The van der Waals surface area contributed by atoms with Crippen molar-refractivity contribution >= 4 is 5.91 Å². The summed E-state index contributed by atoms with van der Waals surface area (Å²) in [5, 5.41) is 53.2. The van der Waals surface area contributed by atoms with E-state index in [0.717, 1.165) is 19.4 Å². The minimum atomic E-state index is -1.38. The Hall–Kier alpha value is -1.47. The molecule has 248 valence electrons. The van der Waals surface area contributed by atoms with Crippen molar-refractivity contribution in [3.63, 3.8) is 0 Å². The molecular formula is C28H53N7O8. The maximum Gasteiger partial charge on any atom is 0.249 e. The van der Waals surface area contributed by atoms with Gasteiger partial charge in [-0.2, -0.15) is 0 Å². The van der Waals surface area contributed by atoms with Crippen LogP contribution in [0.5, 0.6) is 0 Å². The van der Waals surface area contributed by atoms with Crippen molar-refractivity contribution < 1.29 is 39.4 Å². The van der Waals surface area contributed by atoms with E-state index in [9.17, 15) is 25.2 Å². The quantitative estimate of drug-likeness (QED) is 0.0991. The Kier molecular flexibility index (Phi) is 11.8. The van der Waals surface area contributed by atoms with Gasteiger partial charge in [-0.25, -0.2) is 0 Å². The van der Waals surface area contributed by atoms with E-state index in [2.05, 4.69) is 16.0 Å². The standard InChI is InChI=1S/C28H53N7O8/c1-28(40)12-41-27(22(38)25(28)33-2)43-24-18(35-26(39)19(36)5-6-29)9-16(32)20(21(24)37)23-17(4-3-15(10-30)42-23)34-11-13-7-14(31)8-13/h3,13-14,16-25,27,33-34,36-38,40H,4-12,29-32H2,1-2H3,(H,35,39)/t13-,14-,16-,17+,18+,19-,20?,21-,22+,23-,24-,25+,27+,28-/m0/s1. The number of ether oxygens (including phenoxy) is 3. The van der Waals surface area contributed by atoms with Gasteiger partial charge in [-0.3, -0.25) is 4.79 Å². The van der Waals surface area contributed by atoms with Crippen LogP contribution >= 0.6 is 0 Å². The molecule has 1 unspecified atom stereocenters. The first-order chi connectivity index (χ1) is 20.4. The molecule has 2 aliphatic carbocycles. The predicted octanol–water partition coefficient (Wildman–Crippen LogP) is -4.34. The first-order valence-corrected chi connectivity index (χ1v) is 15.4. The monoisotopic (exact) mass is 615 g/mol. The highest BCUT2D eigenvalue weighted by Gasteiger charge is 2.54. The van der Waals surface area contributed by atoms with Crippen LogP contribution in [-0.2, 0) is 19.0 Å². The Balaban J connectivity index is 1.58. The van der Waals surface area contributed by atoms with Gasteiger partial charge in [0.2, 0.25) is 5.91 Å². The number of rotatable bonds is 12. The molecule has 15 heteroatoms. The molecule has 0 aromatic heterocycles. The van der Waals surface area contributed by atoms with Crippen LogP contribution in [0.3, 0.4) is 0 Å². The number of nitrogens with two attached hydrogens (primary N) is 4. The number of carbonyl (C=O) groups is 1. The lowest BCUT2D eigenvalue weighted by Crippen LogP contribution is -2.69. The van der Waals surface area contributed by atoms with E-state index >= 15 is 0 Å². The van der Waals surface area contributed by atoms with E-state index in [4.69, 9.17) is 37.1 Å². The SMILES string of the molecule is CN[C@@H]1[C@@H](O)[C@@H](O[C@H]2[C@H](NC(=O)[C@@H](O)CCN)C[C@H](N)C([C@H]3OC(CN)=CC[C@H]3NC[C@H]3C[C@H](N)C3)[C@@H]2O)OC[C@]1(C)O. The molecular weight excluding hydrogens is 562 g/mol. The van der Waals surface area contributed by atoms with Gasteiger partial charge in [0.15, 0.2) is 6.29 Å². The predicted molar refractivity (Wildman–Crippen MR) is 157 cm³/mol. The van der Waals surface area contributed by atoms with E-state index in [1.54, 1.807) is 7.05 Å². The average molecular weight is 616 g/mol. The summed E-state index contributed by atoms with van der Waals surface area (Å²) in [6.07, 6.45) is -2.21. The Labute approximate surface area is 253 Å². The van der Waals surface area contributed by atoms with Crippen molar-refractivity contribution in [3.05, 3.63) is 11.8 Å². The fraction of sp³-hybridized carbons (Fsp3) is 0.893. The van der Waals surface area contributed by atoms with Crippen molar-refractivity contribution in [2.24, 2.45) is 34.8 Å². The molecule has 12 atom stereocenters. The summed E-state index contributed by atoms with van der Waals surface area (Å²) in [5.41, 5.74) is 22.8. The second-order valence-corrected chi connectivity index (χ2v) is 12.9. The first-order valence-electron chi connectivity index (χ1n) is 15.4. The molecule has 0 radical (unpaired) electrons. The van der Waals surface area contributed by atoms with Crippen LogP contribution < -0.4 is 38.9 Å². The maximum atomic E-state index is 12.8. The van der Waals surface area contributed by atoms with Crippen LogP contribution in [0.1, 0.15) is 39.0 Å². The van der Waals surface area contributed by atoms with Crippen LogP contribution in [-0.4, -0.2) is 132 Å². The van der Waals surface area contributed by atoms with Crippen molar-refractivity contribution in [3.8, 4) is 0 Å². The number of hydrogen-bond acceptors (Lipinski definition) is 14. The second-order valence-electron chi connectivity index (χ2n) is 12.9. The summed E-state index contributed by atoms with van der Waals surface area (Å²) in [5.74, 6) is -0.287. The third-order valence-corrected chi connectivity index (χ3v) is 9.46. The van der Waals surface area contributed by atoms with Crippen LogP contribution in [0.25, 0.3) is 0 Å². The van der Waals surface area contributed by atoms with Gasteiger partial charge in [-0.05, 0) is 71.2 Å². The van der Waals surface area contributed by atoms with E-state index in [0.29, 0.717) is 18.1 Å². The number of aliphatic hydroxyl groups is 4. The van der Waals surface area contributed by atoms with Crippen LogP contribution in [0.15, 0.2) is 11.8 Å². The van der Waals surface area contributed by atoms with E-state index in [-0.39, 0.29) is 44.6 Å². The van der Waals surface area contributed by atoms with Gasteiger partial charge in [-0.1, -0.05) is 0 Å². The minimum absolute atomic E-state index is 0.0497. The van der Waals surface area contributed by atoms with E-state index < -0.39 is 72.4 Å². The van der Waals surface area contributed by atoms with Crippen molar-refractivity contribution in [2.75, 3.05) is 33.3 Å². The highest BCUT2D eigenvalue weighted by atomic mass is 16.7. The number of likely N-dealkylation sites (N-methyl/N-ethyl adjacent to an activating group) is 1. The lowest BCUT2D eigenvalue weighted by atomic mass is 9.72. The molecule has 3 fully saturated rings. The summed E-state index contributed by atoms with van der Waals surface area (Å²) < 4.78 is 18.3. The Morgan fingerprint density at radius 2 is 1.91 bits per heavy atom. The van der Waals surface area contributed by atoms with Gasteiger partial charge in [-0.15, -0.1) is 0 Å². The number of hydrogen-bond donors (Lipinski definition) is 11. The Morgan fingerprint density at radius 1 is 1.19 bits per heavy atom. The molecule has 2 saturated carbocycles. The van der Waals surface area contributed by atoms with Crippen LogP contribution in [0.4, 0.5) is 0 Å². The lowest BCUT2D eigenvalue weighted by molar-refractivity contribution is -0.297. The number of amides is 1. The number of nitrogens with one attached hydrogen (secondary N) is 3. The second kappa shape index (κ2) is 14.7. The lowest BCUT2D eigenvalue weighted by Gasteiger charge is -2.51. The van der Waals surface area contributed by atoms with Crippen molar-refractivity contribution in [1.29, 1.82) is 0 Å². The topological polar surface area (TPSA) is 266 Å². The molecule has 2 aliphatic heterocycles. The zero-order chi connectivity index (χ0) is 31.5. The molecule has 4 rings (SSSR count). The number of carbonyl (C=O) groups excluding carboxylic acids is 1. The first kappa shape index (κ1) is 34.4. The highest BCUT2D eigenvalue weighted by molar-refractivity contribution is 5.80. The molecule has 0 bridgehead atoms. The summed E-state index contributed by atoms with van der Waals surface area (Å²) >= 11 is 0. The van der Waals surface area contributed by atoms with Crippen molar-refractivity contribution in [1.82, 2.24) is 16.0 Å². The van der Waals surface area contributed by atoms with E-state index in [1.807, 2.05) is 6.08 Å². The zero-order valence-electron chi connectivity index (χ0n) is 25.2. The zero-order valence-corrected chi connectivity index (χ0v) is 25.2. The fourth-order valence-corrected chi connectivity index (χ4v) is 6.98. The highest BCUT2D eigenvalue weighted by Crippen LogP contribution is 2.37. The third-order valence-electron chi connectivity index (χ3n) is 9.46. The normalized spacial score (nSPS) is 44.1. The molecule has 1 saturated heterocycles. The average Bonchev–Trinajstić information content (AvgIpc) is 2.94. The molecule has 15 nitrogen and oxygen atoms in total.